The summed E-state index contributed by atoms with van der Waals surface area (Å²) in [6.07, 6.45) is 0. The van der Waals surface area contributed by atoms with Crippen LogP contribution in [0.2, 0.25) is 0 Å². The molecule has 1 amide bonds. The Balaban J connectivity index is 2.73. The van der Waals surface area contributed by atoms with Crippen molar-refractivity contribution in [2.45, 2.75) is 13.8 Å². The summed E-state index contributed by atoms with van der Waals surface area (Å²) in [5.41, 5.74) is -0.238. The van der Waals surface area contributed by atoms with Gasteiger partial charge in [0, 0.05) is 19.6 Å². The Kier molecular flexibility index (Phi) is 2.74. The smallest absolute Gasteiger partial charge is 0.238 e. The maximum atomic E-state index is 11.5. The molecule has 0 saturated carbocycles. The lowest BCUT2D eigenvalue weighted by Crippen LogP contribution is -2.37. The van der Waals surface area contributed by atoms with Gasteiger partial charge in [-0.25, -0.2) is 0 Å². The highest BCUT2D eigenvalue weighted by atomic mass is 127. The lowest BCUT2D eigenvalue weighted by Gasteiger charge is -2.23. The van der Waals surface area contributed by atoms with Crippen molar-refractivity contribution in [1.29, 1.82) is 0 Å². The van der Waals surface area contributed by atoms with Gasteiger partial charge in [0.1, 0.15) is 0 Å². The Morgan fingerprint density at radius 3 is 2.91 bits per heavy atom. The van der Waals surface area contributed by atoms with E-state index in [-0.39, 0.29) is 11.3 Å². The van der Waals surface area contributed by atoms with E-state index in [9.17, 15) is 4.79 Å². The zero-order valence-corrected chi connectivity index (χ0v) is 9.01. The molecule has 11 heavy (non-hydrogen) atoms. The van der Waals surface area contributed by atoms with Gasteiger partial charge in [-0.2, -0.15) is 0 Å². The van der Waals surface area contributed by atoms with Crippen LogP contribution in [0.1, 0.15) is 13.8 Å². The third-order valence-corrected chi connectivity index (χ3v) is 2.77. The van der Waals surface area contributed by atoms with Crippen molar-refractivity contribution in [2.75, 3.05) is 19.6 Å². The van der Waals surface area contributed by atoms with Gasteiger partial charge in [-0.05, 0) is 13.8 Å². The third-order valence-electron chi connectivity index (χ3n) is 1.85. The molecule has 1 aliphatic heterocycles. The maximum absolute atomic E-state index is 11.5. The van der Waals surface area contributed by atoms with Crippen molar-refractivity contribution in [1.82, 2.24) is 8.43 Å². The molecule has 1 aliphatic rings. The number of hydrogen-bond donors (Lipinski definition) is 1. The Morgan fingerprint density at radius 2 is 2.27 bits per heavy atom. The zero-order valence-electron chi connectivity index (χ0n) is 6.85. The second kappa shape index (κ2) is 3.26. The predicted molar refractivity (Wildman–Crippen MR) is 52.4 cm³/mol. The first-order valence-corrected chi connectivity index (χ1v) is 4.69. The molecule has 1 heterocycles. The lowest BCUT2D eigenvalue weighted by molar-refractivity contribution is -0.132. The van der Waals surface area contributed by atoms with E-state index in [1.807, 2.05) is 13.8 Å². The fourth-order valence-electron chi connectivity index (χ4n) is 1.08. The van der Waals surface area contributed by atoms with Crippen molar-refractivity contribution < 1.29 is 4.79 Å². The second-order valence-corrected chi connectivity index (χ2v) is 4.62. The number of rotatable bonds is 0. The molecule has 0 bridgehead atoms. The van der Waals surface area contributed by atoms with E-state index < -0.39 is 0 Å². The SMILES string of the molecule is CC1(C)CNCCN(I)C1=O. The van der Waals surface area contributed by atoms with Gasteiger partial charge in [0.25, 0.3) is 0 Å². The Hall–Kier alpha value is 0.160. The summed E-state index contributed by atoms with van der Waals surface area (Å²) in [6.45, 7) is 6.44. The standard InChI is InChI=1S/C7H13IN2O/c1-7(2)5-9-3-4-10(8)6(7)11/h9H,3-5H2,1-2H3. The third kappa shape index (κ3) is 2.05. The summed E-state index contributed by atoms with van der Waals surface area (Å²) >= 11 is 2.08. The van der Waals surface area contributed by atoms with Crippen LogP contribution in [0.5, 0.6) is 0 Å². The van der Waals surface area contributed by atoms with Crippen molar-refractivity contribution in [3.63, 3.8) is 0 Å². The lowest BCUT2D eigenvalue weighted by atomic mass is 9.93. The monoisotopic (exact) mass is 268 g/mol. The average molecular weight is 268 g/mol. The van der Waals surface area contributed by atoms with Crippen LogP contribution in [0.4, 0.5) is 0 Å². The zero-order chi connectivity index (χ0) is 8.48. The molecular formula is C7H13IN2O. The molecule has 0 aromatic rings. The van der Waals surface area contributed by atoms with Crippen LogP contribution in [0.15, 0.2) is 0 Å². The quantitative estimate of drug-likeness (QED) is 0.520. The number of hydrogen-bond acceptors (Lipinski definition) is 2. The van der Waals surface area contributed by atoms with Gasteiger partial charge in [0.15, 0.2) is 0 Å². The number of nitrogens with zero attached hydrogens (tertiary/aromatic N) is 1. The average Bonchev–Trinajstić information content (AvgIpc) is 2.03. The highest BCUT2D eigenvalue weighted by Crippen LogP contribution is 2.21. The van der Waals surface area contributed by atoms with Gasteiger partial charge in [-0.3, -0.25) is 7.91 Å². The molecule has 0 spiro atoms. The maximum Gasteiger partial charge on any atom is 0.238 e. The van der Waals surface area contributed by atoms with E-state index in [4.69, 9.17) is 0 Å². The van der Waals surface area contributed by atoms with Crippen LogP contribution >= 0.6 is 22.9 Å². The molecule has 0 atom stereocenters. The van der Waals surface area contributed by atoms with Crippen LogP contribution < -0.4 is 5.32 Å². The minimum atomic E-state index is -0.238. The summed E-state index contributed by atoms with van der Waals surface area (Å²) in [5.74, 6) is 0.225. The minimum absolute atomic E-state index is 0.225. The molecule has 0 unspecified atom stereocenters. The molecule has 3 nitrogen and oxygen atoms in total. The van der Waals surface area contributed by atoms with Crippen LogP contribution in [-0.4, -0.2) is 28.7 Å². The van der Waals surface area contributed by atoms with E-state index >= 15 is 0 Å². The summed E-state index contributed by atoms with van der Waals surface area (Å²) in [7, 11) is 0. The topological polar surface area (TPSA) is 32.3 Å². The molecule has 0 aliphatic carbocycles. The first-order valence-electron chi connectivity index (χ1n) is 3.72. The van der Waals surface area contributed by atoms with E-state index in [0.717, 1.165) is 19.6 Å². The fourth-order valence-corrected chi connectivity index (χ4v) is 1.98. The second-order valence-electron chi connectivity index (χ2n) is 3.45. The normalized spacial score (nSPS) is 25.0. The number of amides is 1. The van der Waals surface area contributed by atoms with Crippen LogP contribution in [0, 0.1) is 5.41 Å². The van der Waals surface area contributed by atoms with Crippen LogP contribution in [0.25, 0.3) is 0 Å². The highest BCUT2D eigenvalue weighted by molar-refractivity contribution is 14.1. The first-order chi connectivity index (χ1) is 5.04. The number of carbonyl (C=O) groups excluding carboxylic acids is 1. The van der Waals surface area contributed by atoms with Crippen molar-refractivity contribution >= 4 is 28.8 Å². The van der Waals surface area contributed by atoms with Gasteiger partial charge >= 0.3 is 0 Å². The van der Waals surface area contributed by atoms with Crippen LogP contribution in [-0.2, 0) is 4.79 Å². The van der Waals surface area contributed by atoms with E-state index in [2.05, 4.69) is 28.2 Å². The summed E-state index contributed by atoms with van der Waals surface area (Å²) in [6, 6.07) is 0. The van der Waals surface area contributed by atoms with E-state index in [1.54, 1.807) is 3.11 Å². The first kappa shape index (κ1) is 9.25. The molecule has 64 valence electrons. The molecule has 4 heteroatoms. The fraction of sp³-hybridized carbons (Fsp3) is 0.857. The molecule has 0 aromatic carbocycles. The molecule has 1 rings (SSSR count). The number of carbonyl (C=O) groups is 1. The van der Waals surface area contributed by atoms with Crippen molar-refractivity contribution in [3.05, 3.63) is 0 Å². The number of nitrogens with one attached hydrogen (secondary N) is 1. The molecule has 1 saturated heterocycles. The van der Waals surface area contributed by atoms with E-state index in [0.29, 0.717) is 0 Å². The van der Waals surface area contributed by atoms with Crippen LogP contribution in [0.3, 0.4) is 0 Å². The highest BCUT2D eigenvalue weighted by Gasteiger charge is 2.32. The predicted octanol–water partition coefficient (Wildman–Crippen LogP) is 0.794. The molecule has 1 N–H and O–H groups in total. The minimum Gasteiger partial charge on any atom is -0.314 e. The van der Waals surface area contributed by atoms with Gasteiger partial charge in [0.05, 0.1) is 28.3 Å². The Bertz CT molecular complexity index is 170. The Labute approximate surface area is 81.0 Å². The molecular weight excluding hydrogens is 255 g/mol. The van der Waals surface area contributed by atoms with Gasteiger partial charge in [-0.1, -0.05) is 0 Å². The van der Waals surface area contributed by atoms with Gasteiger partial charge < -0.3 is 5.32 Å². The van der Waals surface area contributed by atoms with Crippen molar-refractivity contribution in [3.8, 4) is 0 Å². The largest absolute Gasteiger partial charge is 0.314 e. The number of halogens is 1. The summed E-state index contributed by atoms with van der Waals surface area (Å²) in [4.78, 5) is 11.5. The molecule has 0 radical (unpaired) electrons. The van der Waals surface area contributed by atoms with Gasteiger partial charge in [0.2, 0.25) is 5.91 Å². The van der Waals surface area contributed by atoms with Gasteiger partial charge in [-0.15, -0.1) is 0 Å². The Morgan fingerprint density at radius 1 is 1.64 bits per heavy atom. The summed E-state index contributed by atoms with van der Waals surface area (Å²) in [5, 5.41) is 3.23. The summed E-state index contributed by atoms with van der Waals surface area (Å²) < 4.78 is 1.76. The van der Waals surface area contributed by atoms with Crippen molar-refractivity contribution in [2.24, 2.45) is 5.41 Å². The molecule has 1 fully saturated rings. The van der Waals surface area contributed by atoms with E-state index in [1.165, 1.54) is 0 Å². The molecule has 0 aromatic heterocycles.